The Morgan fingerprint density at radius 3 is 2.69 bits per heavy atom. The summed E-state index contributed by atoms with van der Waals surface area (Å²) in [5, 5.41) is 4.11. The van der Waals surface area contributed by atoms with Crippen LogP contribution in [0.1, 0.15) is 42.5 Å². The fourth-order valence-electron chi connectivity index (χ4n) is 4.80. The van der Waals surface area contributed by atoms with Crippen LogP contribution in [0.25, 0.3) is 5.65 Å². The molecule has 0 spiro atoms. The largest absolute Gasteiger partial charge is 0.343 e. The fraction of sp³-hybridized carbons (Fsp3) is 0.360. The SMILES string of the molecule is Cc1ccn2cc(C3(c4ccccc4)CCN(C(=O)CCCn4cncn4)CC3)nc2c1. The minimum absolute atomic E-state index is 0.182. The Bertz CT molecular complexity index is 1190. The van der Waals surface area contributed by atoms with E-state index in [1.165, 1.54) is 17.5 Å². The van der Waals surface area contributed by atoms with Gasteiger partial charge in [-0.1, -0.05) is 30.3 Å². The van der Waals surface area contributed by atoms with Crippen LogP contribution in [0.4, 0.5) is 0 Å². The van der Waals surface area contributed by atoms with E-state index in [1.54, 1.807) is 11.0 Å². The molecule has 0 N–H and O–H groups in total. The van der Waals surface area contributed by atoms with Gasteiger partial charge in [0.25, 0.3) is 0 Å². The summed E-state index contributed by atoms with van der Waals surface area (Å²) < 4.78 is 3.88. The number of piperidine rings is 1. The monoisotopic (exact) mass is 428 g/mol. The van der Waals surface area contributed by atoms with Crippen molar-refractivity contribution >= 4 is 11.6 Å². The maximum Gasteiger partial charge on any atom is 0.222 e. The average molecular weight is 429 g/mol. The van der Waals surface area contributed by atoms with Crippen LogP contribution in [0.5, 0.6) is 0 Å². The molecule has 0 bridgehead atoms. The van der Waals surface area contributed by atoms with Crippen LogP contribution in [0, 0.1) is 6.92 Å². The molecule has 0 saturated carbocycles. The third-order valence-corrected chi connectivity index (χ3v) is 6.65. The first-order valence-corrected chi connectivity index (χ1v) is 11.3. The van der Waals surface area contributed by atoms with Crippen molar-refractivity contribution in [1.29, 1.82) is 0 Å². The molecule has 1 saturated heterocycles. The van der Waals surface area contributed by atoms with Crippen LogP contribution in [-0.4, -0.2) is 48.0 Å². The number of imidazole rings is 1. The Morgan fingerprint density at radius 1 is 1.12 bits per heavy atom. The molecule has 5 rings (SSSR count). The van der Waals surface area contributed by atoms with Crippen LogP contribution < -0.4 is 0 Å². The normalized spacial score (nSPS) is 15.8. The predicted octanol–water partition coefficient (Wildman–Crippen LogP) is 3.62. The minimum atomic E-state index is -0.182. The van der Waals surface area contributed by atoms with Crippen LogP contribution in [0.15, 0.2) is 67.5 Å². The third-order valence-electron chi connectivity index (χ3n) is 6.65. The quantitative estimate of drug-likeness (QED) is 0.470. The molecule has 1 aromatic carbocycles. The molecule has 1 aliphatic rings. The second-order valence-corrected chi connectivity index (χ2v) is 8.69. The maximum atomic E-state index is 12.8. The Hall–Kier alpha value is -3.48. The highest BCUT2D eigenvalue weighted by Gasteiger charge is 2.40. The number of pyridine rings is 1. The van der Waals surface area contributed by atoms with Crippen molar-refractivity contribution in [2.75, 3.05) is 13.1 Å². The van der Waals surface area contributed by atoms with Gasteiger partial charge in [0.2, 0.25) is 5.91 Å². The lowest BCUT2D eigenvalue weighted by atomic mass is 9.70. The number of hydrogen-bond donors (Lipinski definition) is 0. The van der Waals surface area contributed by atoms with Gasteiger partial charge in [-0.05, 0) is 49.4 Å². The van der Waals surface area contributed by atoms with Crippen LogP contribution in [-0.2, 0) is 16.8 Å². The highest BCUT2D eigenvalue weighted by molar-refractivity contribution is 5.76. The summed E-state index contributed by atoms with van der Waals surface area (Å²) in [5.41, 5.74) is 4.36. The van der Waals surface area contributed by atoms with Crippen LogP contribution in [0.2, 0.25) is 0 Å². The van der Waals surface area contributed by atoms with Crippen molar-refractivity contribution in [1.82, 2.24) is 29.0 Å². The van der Waals surface area contributed by atoms with E-state index in [9.17, 15) is 4.79 Å². The van der Waals surface area contributed by atoms with Crippen molar-refractivity contribution in [2.45, 2.75) is 44.6 Å². The third kappa shape index (κ3) is 3.90. The molecule has 0 atom stereocenters. The van der Waals surface area contributed by atoms with E-state index in [4.69, 9.17) is 4.98 Å². The molecule has 0 radical (unpaired) electrons. The summed E-state index contributed by atoms with van der Waals surface area (Å²) in [6.45, 7) is 4.29. The number of aryl methyl sites for hydroxylation is 2. The number of benzene rings is 1. The molecule has 0 aliphatic carbocycles. The van der Waals surface area contributed by atoms with Gasteiger partial charge in [-0.3, -0.25) is 9.48 Å². The molecule has 1 fully saturated rings. The molecule has 7 heteroatoms. The average Bonchev–Trinajstić information content (AvgIpc) is 3.49. The zero-order chi connectivity index (χ0) is 22.0. The van der Waals surface area contributed by atoms with E-state index in [0.717, 1.165) is 43.7 Å². The van der Waals surface area contributed by atoms with Crippen molar-refractivity contribution in [3.8, 4) is 0 Å². The molecule has 32 heavy (non-hydrogen) atoms. The lowest BCUT2D eigenvalue weighted by Crippen LogP contribution is -2.46. The van der Waals surface area contributed by atoms with E-state index >= 15 is 0 Å². The Morgan fingerprint density at radius 2 is 1.94 bits per heavy atom. The molecular weight excluding hydrogens is 400 g/mol. The molecule has 4 heterocycles. The summed E-state index contributed by atoms with van der Waals surface area (Å²) in [5.74, 6) is 0.220. The van der Waals surface area contributed by atoms with E-state index in [-0.39, 0.29) is 11.3 Å². The number of amides is 1. The molecular formula is C25H28N6O. The highest BCUT2D eigenvalue weighted by Crippen LogP contribution is 2.41. The second kappa shape index (κ2) is 8.57. The first-order valence-electron chi connectivity index (χ1n) is 11.3. The summed E-state index contributed by atoms with van der Waals surface area (Å²) in [7, 11) is 0. The fourth-order valence-corrected chi connectivity index (χ4v) is 4.80. The molecule has 4 aromatic rings. The smallest absolute Gasteiger partial charge is 0.222 e. The van der Waals surface area contributed by atoms with Gasteiger partial charge in [-0.2, -0.15) is 5.10 Å². The molecule has 1 aliphatic heterocycles. The van der Waals surface area contributed by atoms with Gasteiger partial charge in [0.05, 0.1) is 5.69 Å². The van der Waals surface area contributed by atoms with Crippen molar-refractivity contribution < 1.29 is 4.79 Å². The molecule has 3 aromatic heterocycles. The van der Waals surface area contributed by atoms with Crippen molar-refractivity contribution in [3.05, 3.63) is 84.3 Å². The Labute approximate surface area is 187 Å². The number of likely N-dealkylation sites (tertiary alicyclic amines) is 1. The minimum Gasteiger partial charge on any atom is -0.343 e. The summed E-state index contributed by atoms with van der Waals surface area (Å²) in [6.07, 6.45) is 10.5. The van der Waals surface area contributed by atoms with E-state index in [2.05, 4.69) is 76.3 Å². The first-order chi connectivity index (χ1) is 15.6. The number of carbonyl (C=O) groups excluding carboxylic acids is 1. The summed E-state index contributed by atoms with van der Waals surface area (Å²) in [4.78, 5) is 23.9. The molecule has 7 nitrogen and oxygen atoms in total. The van der Waals surface area contributed by atoms with Gasteiger partial charge in [0.1, 0.15) is 18.3 Å². The molecule has 1 amide bonds. The number of aromatic nitrogens is 5. The standard InChI is InChI=1S/C25H28N6O/c1-20-9-13-30-17-22(28-23(30)16-20)25(21-6-3-2-4-7-21)10-14-29(15-11-25)24(32)8-5-12-31-19-26-18-27-31/h2-4,6-7,9,13,16-19H,5,8,10-12,14-15H2,1H3. The summed E-state index contributed by atoms with van der Waals surface area (Å²) in [6, 6.07) is 14.9. The lowest BCUT2D eigenvalue weighted by Gasteiger charge is -2.41. The van der Waals surface area contributed by atoms with Gasteiger partial charge in [-0.15, -0.1) is 0 Å². The number of carbonyl (C=O) groups is 1. The van der Waals surface area contributed by atoms with E-state index in [1.807, 2.05) is 4.90 Å². The Kier molecular flexibility index (Phi) is 5.47. The number of rotatable bonds is 6. The van der Waals surface area contributed by atoms with E-state index in [0.29, 0.717) is 13.0 Å². The zero-order valence-corrected chi connectivity index (χ0v) is 18.4. The van der Waals surface area contributed by atoms with E-state index < -0.39 is 0 Å². The van der Waals surface area contributed by atoms with Crippen molar-refractivity contribution in [3.63, 3.8) is 0 Å². The first kappa shape index (κ1) is 20.4. The van der Waals surface area contributed by atoms with Crippen molar-refractivity contribution in [2.24, 2.45) is 0 Å². The van der Waals surface area contributed by atoms with Gasteiger partial charge < -0.3 is 9.30 Å². The lowest BCUT2D eigenvalue weighted by molar-refractivity contribution is -0.132. The van der Waals surface area contributed by atoms with Crippen LogP contribution in [0.3, 0.4) is 0 Å². The van der Waals surface area contributed by atoms with Crippen LogP contribution >= 0.6 is 0 Å². The highest BCUT2D eigenvalue weighted by atomic mass is 16.2. The topological polar surface area (TPSA) is 68.3 Å². The molecule has 0 unspecified atom stereocenters. The number of fused-ring (bicyclic) bond motifs is 1. The van der Waals surface area contributed by atoms with Gasteiger partial charge >= 0.3 is 0 Å². The predicted molar refractivity (Wildman–Crippen MR) is 122 cm³/mol. The van der Waals surface area contributed by atoms with Gasteiger partial charge in [0, 0.05) is 43.9 Å². The number of hydrogen-bond acceptors (Lipinski definition) is 4. The number of nitrogens with zero attached hydrogens (tertiary/aromatic N) is 6. The summed E-state index contributed by atoms with van der Waals surface area (Å²) >= 11 is 0. The molecule has 164 valence electrons. The maximum absolute atomic E-state index is 12.8. The van der Waals surface area contributed by atoms with Gasteiger partial charge in [-0.25, -0.2) is 9.97 Å². The second-order valence-electron chi connectivity index (χ2n) is 8.69. The van der Waals surface area contributed by atoms with Gasteiger partial charge in [0.15, 0.2) is 0 Å². The Balaban J connectivity index is 1.34. The zero-order valence-electron chi connectivity index (χ0n) is 18.4.